The molecule has 0 aliphatic carbocycles. The number of hydrogen-bond donors (Lipinski definition) is 1. The highest BCUT2D eigenvalue weighted by molar-refractivity contribution is 6.35. The van der Waals surface area contributed by atoms with Crippen molar-refractivity contribution in [3.05, 3.63) is 57.6 Å². The highest BCUT2D eigenvalue weighted by atomic mass is 35.5. The van der Waals surface area contributed by atoms with Crippen LogP contribution in [-0.2, 0) is 13.2 Å². The second-order valence-corrected chi connectivity index (χ2v) is 5.61. The molecule has 0 amide bonds. The minimum atomic E-state index is 0. The van der Waals surface area contributed by atoms with Crippen molar-refractivity contribution in [1.82, 2.24) is 5.32 Å². The van der Waals surface area contributed by atoms with Gasteiger partial charge in [0.15, 0.2) is 11.5 Å². The molecule has 0 aliphatic heterocycles. The number of rotatable bonds is 7. The van der Waals surface area contributed by atoms with E-state index in [0.717, 1.165) is 23.4 Å². The van der Waals surface area contributed by atoms with Crippen molar-refractivity contribution in [2.75, 3.05) is 13.7 Å². The third kappa shape index (κ3) is 5.78. The Labute approximate surface area is 153 Å². The summed E-state index contributed by atoms with van der Waals surface area (Å²) in [5.74, 6) is 1.44. The van der Waals surface area contributed by atoms with Gasteiger partial charge in [0.2, 0.25) is 0 Å². The Morgan fingerprint density at radius 1 is 1.00 bits per heavy atom. The molecule has 0 radical (unpaired) electrons. The van der Waals surface area contributed by atoms with Crippen LogP contribution in [-0.4, -0.2) is 13.7 Å². The maximum absolute atomic E-state index is 6.16. The molecule has 2 aromatic rings. The van der Waals surface area contributed by atoms with E-state index in [1.54, 1.807) is 12.1 Å². The van der Waals surface area contributed by atoms with Crippen molar-refractivity contribution < 1.29 is 9.47 Å². The van der Waals surface area contributed by atoms with Crippen LogP contribution in [0.25, 0.3) is 0 Å². The lowest BCUT2D eigenvalue weighted by Crippen LogP contribution is -2.06. The Hall–Kier alpha value is -1.13. The number of ether oxygens (including phenoxy) is 2. The Balaban J connectivity index is 0.00000264. The van der Waals surface area contributed by atoms with Crippen LogP contribution in [0, 0.1) is 0 Å². The maximum Gasteiger partial charge on any atom is 0.161 e. The molecule has 6 heteroatoms. The molecule has 0 atom stereocenters. The standard InChI is InChI=1S/C17H19Cl2NO2.ClH/c1-3-21-17-8-12(10-20-2)4-7-16(17)22-11-13-5-6-14(18)9-15(13)19;/h4-9,20H,3,10-11H2,1-2H3;1H. The van der Waals surface area contributed by atoms with E-state index in [4.69, 9.17) is 32.7 Å². The third-order valence-electron chi connectivity index (χ3n) is 3.09. The molecule has 0 saturated heterocycles. The van der Waals surface area contributed by atoms with Crippen molar-refractivity contribution in [2.24, 2.45) is 0 Å². The average molecular weight is 377 g/mol. The maximum atomic E-state index is 6.16. The first-order chi connectivity index (χ1) is 10.6. The number of hydrogen-bond acceptors (Lipinski definition) is 3. The van der Waals surface area contributed by atoms with Gasteiger partial charge in [0, 0.05) is 22.2 Å². The normalized spacial score (nSPS) is 10.1. The van der Waals surface area contributed by atoms with Crippen LogP contribution in [0.2, 0.25) is 10.0 Å². The van der Waals surface area contributed by atoms with Crippen LogP contribution in [0.1, 0.15) is 18.1 Å². The van der Waals surface area contributed by atoms with Gasteiger partial charge >= 0.3 is 0 Å². The van der Waals surface area contributed by atoms with Gasteiger partial charge in [0.1, 0.15) is 6.61 Å². The quantitative estimate of drug-likeness (QED) is 0.728. The molecular weight excluding hydrogens is 357 g/mol. The van der Waals surface area contributed by atoms with Gasteiger partial charge in [-0.15, -0.1) is 12.4 Å². The smallest absolute Gasteiger partial charge is 0.161 e. The third-order valence-corrected chi connectivity index (χ3v) is 3.67. The van der Waals surface area contributed by atoms with Crippen LogP contribution >= 0.6 is 35.6 Å². The first kappa shape index (κ1) is 19.9. The van der Waals surface area contributed by atoms with Crippen molar-refractivity contribution >= 4 is 35.6 Å². The van der Waals surface area contributed by atoms with Gasteiger partial charge in [0.25, 0.3) is 0 Å². The number of nitrogens with one attached hydrogen (secondary N) is 1. The first-order valence-electron chi connectivity index (χ1n) is 7.11. The molecule has 2 rings (SSSR count). The lowest BCUT2D eigenvalue weighted by atomic mass is 10.2. The Morgan fingerprint density at radius 2 is 1.78 bits per heavy atom. The highest BCUT2D eigenvalue weighted by Crippen LogP contribution is 2.30. The summed E-state index contributed by atoms with van der Waals surface area (Å²) in [7, 11) is 1.91. The zero-order valence-corrected chi connectivity index (χ0v) is 15.4. The van der Waals surface area contributed by atoms with Crippen LogP contribution in [0.3, 0.4) is 0 Å². The van der Waals surface area contributed by atoms with E-state index < -0.39 is 0 Å². The fourth-order valence-corrected chi connectivity index (χ4v) is 2.51. The molecular formula is C17H20Cl3NO2. The molecule has 0 bridgehead atoms. The molecule has 23 heavy (non-hydrogen) atoms. The molecule has 0 fully saturated rings. The van der Waals surface area contributed by atoms with Crippen molar-refractivity contribution in [3.8, 4) is 11.5 Å². The van der Waals surface area contributed by atoms with E-state index in [9.17, 15) is 0 Å². The predicted molar refractivity (Wildman–Crippen MR) is 98.4 cm³/mol. The summed E-state index contributed by atoms with van der Waals surface area (Å²) in [4.78, 5) is 0. The minimum Gasteiger partial charge on any atom is -0.490 e. The van der Waals surface area contributed by atoms with Gasteiger partial charge in [-0.1, -0.05) is 35.3 Å². The zero-order chi connectivity index (χ0) is 15.9. The topological polar surface area (TPSA) is 30.5 Å². The molecule has 0 heterocycles. The van der Waals surface area contributed by atoms with Crippen molar-refractivity contribution in [3.63, 3.8) is 0 Å². The van der Waals surface area contributed by atoms with Crippen LogP contribution < -0.4 is 14.8 Å². The Bertz CT molecular complexity index is 635. The van der Waals surface area contributed by atoms with E-state index in [-0.39, 0.29) is 12.4 Å². The van der Waals surface area contributed by atoms with Gasteiger partial charge in [-0.25, -0.2) is 0 Å². The highest BCUT2D eigenvalue weighted by Gasteiger charge is 2.08. The molecule has 0 aromatic heterocycles. The molecule has 2 aromatic carbocycles. The fraction of sp³-hybridized carbons (Fsp3) is 0.294. The summed E-state index contributed by atoms with van der Waals surface area (Å²) < 4.78 is 11.5. The van der Waals surface area contributed by atoms with E-state index in [2.05, 4.69) is 5.32 Å². The second kappa shape index (κ2) is 9.89. The molecule has 3 nitrogen and oxygen atoms in total. The summed E-state index contributed by atoms with van der Waals surface area (Å²) in [6.45, 7) is 3.68. The lowest BCUT2D eigenvalue weighted by Gasteiger charge is -2.14. The molecule has 126 valence electrons. The van der Waals surface area contributed by atoms with Crippen LogP contribution in [0.4, 0.5) is 0 Å². The van der Waals surface area contributed by atoms with Gasteiger partial charge in [-0.2, -0.15) is 0 Å². The summed E-state index contributed by atoms with van der Waals surface area (Å²) in [6.07, 6.45) is 0. The SMILES string of the molecule is CCOc1cc(CNC)ccc1OCc1ccc(Cl)cc1Cl.Cl. The summed E-state index contributed by atoms with van der Waals surface area (Å²) in [6, 6.07) is 11.3. The molecule has 0 saturated carbocycles. The fourth-order valence-electron chi connectivity index (χ4n) is 2.05. The van der Waals surface area contributed by atoms with Crippen molar-refractivity contribution in [1.29, 1.82) is 0 Å². The lowest BCUT2D eigenvalue weighted by molar-refractivity contribution is 0.269. The van der Waals surface area contributed by atoms with Crippen LogP contribution in [0.5, 0.6) is 11.5 Å². The molecule has 0 unspecified atom stereocenters. The predicted octanol–water partition coefficient (Wildman–Crippen LogP) is 5.11. The summed E-state index contributed by atoms with van der Waals surface area (Å²) in [5, 5.41) is 4.32. The van der Waals surface area contributed by atoms with Crippen LogP contribution in [0.15, 0.2) is 36.4 Å². The average Bonchev–Trinajstić information content (AvgIpc) is 2.49. The van der Waals surface area contributed by atoms with Crippen molar-refractivity contribution in [2.45, 2.75) is 20.1 Å². The number of halogens is 3. The van der Waals surface area contributed by atoms with Gasteiger partial charge in [-0.3, -0.25) is 0 Å². The van der Waals surface area contributed by atoms with E-state index in [1.165, 1.54) is 0 Å². The Morgan fingerprint density at radius 3 is 2.43 bits per heavy atom. The molecule has 0 aliphatic rings. The largest absolute Gasteiger partial charge is 0.490 e. The number of benzene rings is 2. The summed E-state index contributed by atoms with van der Waals surface area (Å²) >= 11 is 12.1. The Kier molecular flexibility index (Phi) is 8.56. The zero-order valence-electron chi connectivity index (χ0n) is 13.1. The monoisotopic (exact) mass is 375 g/mol. The minimum absolute atomic E-state index is 0. The first-order valence-corrected chi connectivity index (χ1v) is 7.86. The van der Waals surface area contributed by atoms with Gasteiger partial charge in [-0.05, 0) is 43.8 Å². The molecule has 0 spiro atoms. The van der Waals surface area contributed by atoms with Gasteiger partial charge < -0.3 is 14.8 Å². The second-order valence-electron chi connectivity index (χ2n) is 4.77. The van der Waals surface area contributed by atoms with E-state index >= 15 is 0 Å². The van der Waals surface area contributed by atoms with Gasteiger partial charge in [0.05, 0.1) is 6.61 Å². The molecule has 1 N–H and O–H groups in total. The van der Waals surface area contributed by atoms with E-state index in [1.807, 2.05) is 38.2 Å². The summed E-state index contributed by atoms with van der Waals surface area (Å²) in [5.41, 5.74) is 2.02. The van der Waals surface area contributed by atoms with E-state index in [0.29, 0.717) is 29.0 Å².